The number of benzene rings is 1. The van der Waals surface area contributed by atoms with E-state index in [9.17, 15) is 0 Å². The molecule has 0 radical (unpaired) electrons. The first-order valence-corrected chi connectivity index (χ1v) is 7.23. The fraction of sp³-hybridized carbons (Fsp3) is 0.375. The van der Waals surface area contributed by atoms with Crippen molar-refractivity contribution >= 4 is 11.5 Å². The molecule has 2 N–H and O–H groups in total. The first kappa shape index (κ1) is 13.7. The summed E-state index contributed by atoms with van der Waals surface area (Å²) in [5.41, 5.74) is 9.46. The number of aromatic nitrogens is 2. The topological polar surface area (TPSA) is 64.3 Å². The van der Waals surface area contributed by atoms with Gasteiger partial charge in [-0.2, -0.15) is 0 Å². The summed E-state index contributed by atoms with van der Waals surface area (Å²) < 4.78 is 5.64. The van der Waals surface area contributed by atoms with Crippen molar-refractivity contribution in [2.45, 2.75) is 32.9 Å². The molecule has 1 aromatic heterocycles. The van der Waals surface area contributed by atoms with Crippen molar-refractivity contribution in [1.29, 1.82) is 0 Å². The van der Waals surface area contributed by atoms with Gasteiger partial charge in [-0.05, 0) is 37.5 Å². The Labute approximate surface area is 124 Å². The third-order valence-electron chi connectivity index (χ3n) is 3.61. The van der Waals surface area contributed by atoms with E-state index in [2.05, 4.69) is 20.9 Å². The Balaban J connectivity index is 1.83. The minimum absolute atomic E-state index is 0.106. The molecule has 110 valence electrons. The SMILES string of the molecule is CC(C)Oc1cc(N2CCc3c(N)cccc3C2)ncn1. The van der Waals surface area contributed by atoms with Crippen LogP contribution in [0.1, 0.15) is 25.0 Å². The monoisotopic (exact) mass is 284 g/mol. The molecule has 21 heavy (non-hydrogen) atoms. The van der Waals surface area contributed by atoms with Crippen LogP contribution in [0.25, 0.3) is 0 Å². The Hall–Kier alpha value is -2.30. The minimum Gasteiger partial charge on any atom is -0.475 e. The molecule has 1 aromatic carbocycles. The third kappa shape index (κ3) is 2.91. The van der Waals surface area contributed by atoms with Crippen LogP contribution < -0.4 is 15.4 Å². The molecular weight excluding hydrogens is 264 g/mol. The summed E-state index contributed by atoms with van der Waals surface area (Å²) in [7, 11) is 0. The standard InChI is InChI=1S/C16H20N4O/c1-11(2)21-16-8-15(18-10-19-16)20-7-6-13-12(9-20)4-3-5-14(13)17/h3-5,8,10-11H,6-7,9,17H2,1-2H3. The lowest BCUT2D eigenvalue weighted by Gasteiger charge is -2.30. The van der Waals surface area contributed by atoms with Gasteiger partial charge < -0.3 is 15.4 Å². The van der Waals surface area contributed by atoms with E-state index in [1.54, 1.807) is 6.33 Å². The molecule has 0 aliphatic carbocycles. The summed E-state index contributed by atoms with van der Waals surface area (Å²) in [6.45, 7) is 5.70. The Morgan fingerprint density at radius 3 is 2.95 bits per heavy atom. The molecule has 1 aliphatic rings. The van der Waals surface area contributed by atoms with Gasteiger partial charge >= 0.3 is 0 Å². The zero-order valence-electron chi connectivity index (χ0n) is 12.4. The number of ether oxygens (including phenoxy) is 1. The maximum atomic E-state index is 6.04. The molecule has 1 aliphatic heterocycles. The van der Waals surface area contributed by atoms with E-state index in [1.807, 2.05) is 32.0 Å². The van der Waals surface area contributed by atoms with E-state index in [-0.39, 0.29) is 6.10 Å². The van der Waals surface area contributed by atoms with Crippen molar-refractivity contribution in [1.82, 2.24) is 9.97 Å². The number of hydrogen-bond donors (Lipinski definition) is 1. The van der Waals surface area contributed by atoms with Crippen molar-refractivity contribution in [2.24, 2.45) is 0 Å². The Morgan fingerprint density at radius 1 is 1.29 bits per heavy atom. The second-order valence-electron chi connectivity index (χ2n) is 5.54. The summed E-state index contributed by atoms with van der Waals surface area (Å²) in [4.78, 5) is 10.8. The second-order valence-corrected chi connectivity index (χ2v) is 5.54. The van der Waals surface area contributed by atoms with Crippen LogP contribution in [0, 0.1) is 0 Å². The van der Waals surface area contributed by atoms with Crippen LogP contribution in [0.4, 0.5) is 11.5 Å². The van der Waals surface area contributed by atoms with E-state index in [0.717, 1.165) is 31.0 Å². The number of anilines is 2. The predicted octanol–water partition coefficient (Wildman–Crippen LogP) is 2.41. The van der Waals surface area contributed by atoms with Crippen LogP contribution in [0.15, 0.2) is 30.6 Å². The second kappa shape index (κ2) is 5.60. The number of hydrogen-bond acceptors (Lipinski definition) is 5. The Morgan fingerprint density at radius 2 is 2.14 bits per heavy atom. The van der Waals surface area contributed by atoms with Crippen molar-refractivity contribution in [3.05, 3.63) is 41.7 Å². The van der Waals surface area contributed by atoms with E-state index < -0.39 is 0 Å². The van der Waals surface area contributed by atoms with Gasteiger partial charge in [0, 0.05) is 24.8 Å². The highest BCUT2D eigenvalue weighted by atomic mass is 16.5. The van der Waals surface area contributed by atoms with Gasteiger partial charge in [0.1, 0.15) is 12.1 Å². The van der Waals surface area contributed by atoms with Gasteiger partial charge in [0.2, 0.25) is 5.88 Å². The van der Waals surface area contributed by atoms with Gasteiger partial charge in [-0.25, -0.2) is 9.97 Å². The molecule has 0 saturated heterocycles. The van der Waals surface area contributed by atoms with E-state index in [1.165, 1.54) is 11.1 Å². The van der Waals surface area contributed by atoms with Gasteiger partial charge in [0.05, 0.1) is 6.10 Å². The lowest BCUT2D eigenvalue weighted by atomic mass is 9.98. The predicted molar refractivity (Wildman–Crippen MR) is 83.4 cm³/mol. The smallest absolute Gasteiger partial charge is 0.218 e. The highest BCUT2D eigenvalue weighted by Gasteiger charge is 2.19. The van der Waals surface area contributed by atoms with Crippen LogP contribution in [0.3, 0.4) is 0 Å². The third-order valence-corrected chi connectivity index (χ3v) is 3.61. The van der Waals surface area contributed by atoms with Crippen molar-refractivity contribution in [3.63, 3.8) is 0 Å². The zero-order chi connectivity index (χ0) is 14.8. The normalized spacial score (nSPS) is 14.1. The number of rotatable bonds is 3. The van der Waals surface area contributed by atoms with Crippen molar-refractivity contribution < 1.29 is 4.74 Å². The first-order valence-electron chi connectivity index (χ1n) is 7.23. The van der Waals surface area contributed by atoms with Crippen LogP contribution >= 0.6 is 0 Å². The number of nitrogen functional groups attached to an aromatic ring is 1. The highest BCUT2D eigenvalue weighted by molar-refractivity contribution is 5.55. The Bertz CT molecular complexity index is 642. The van der Waals surface area contributed by atoms with Crippen LogP contribution in [0.5, 0.6) is 5.88 Å². The van der Waals surface area contributed by atoms with Crippen molar-refractivity contribution in [2.75, 3.05) is 17.2 Å². The molecule has 5 nitrogen and oxygen atoms in total. The number of nitrogens with two attached hydrogens (primary N) is 1. The van der Waals surface area contributed by atoms with E-state index in [0.29, 0.717) is 5.88 Å². The molecule has 2 aromatic rings. The molecular formula is C16H20N4O. The summed E-state index contributed by atoms with van der Waals surface area (Å²) in [6.07, 6.45) is 2.60. The number of fused-ring (bicyclic) bond motifs is 1. The van der Waals surface area contributed by atoms with Gasteiger partial charge in [-0.15, -0.1) is 0 Å². The number of nitrogens with zero attached hydrogens (tertiary/aromatic N) is 3. The summed E-state index contributed by atoms with van der Waals surface area (Å²) in [5.74, 6) is 1.52. The summed E-state index contributed by atoms with van der Waals surface area (Å²) in [6, 6.07) is 8.00. The van der Waals surface area contributed by atoms with Crippen molar-refractivity contribution in [3.8, 4) is 5.88 Å². The lowest BCUT2D eigenvalue weighted by Crippen LogP contribution is -2.31. The molecule has 0 atom stereocenters. The summed E-state index contributed by atoms with van der Waals surface area (Å²) >= 11 is 0. The van der Waals surface area contributed by atoms with Crippen LogP contribution in [0.2, 0.25) is 0 Å². The highest BCUT2D eigenvalue weighted by Crippen LogP contribution is 2.27. The maximum absolute atomic E-state index is 6.04. The fourth-order valence-corrected chi connectivity index (χ4v) is 2.64. The largest absolute Gasteiger partial charge is 0.475 e. The molecule has 0 unspecified atom stereocenters. The molecule has 5 heteroatoms. The lowest BCUT2D eigenvalue weighted by molar-refractivity contribution is 0.232. The molecule has 0 amide bonds. The molecule has 0 spiro atoms. The van der Waals surface area contributed by atoms with E-state index >= 15 is 0 Å². The molecule has 3 rings (SSSR count). The van der Waals surface area contributed by atoms with Crippen LogP contribution in [-0.4, -0.2) is 22.6 Å². The van der Waals surface area contributed by atoms with Crippen LogP contribution in [-0.2, 0) is 13.0 Å². The quantitative estimate of drug-likeness (QED) is 0.877. The first-order chi connectivity index (χ1) is 10.1. The molecule has 0 fully saturated rings. The van der Waals surface area contributed by atoms with Gasteiger partial charge in [0.15, 0.2) is 0 Å². The molecule has 2 heterocycles. The van der Waals surface area contributed by atoms with Gasteiger partial charge in [0.25, 0.3) is 0 Å². The average molecular weight is 284 g/mol. The Kier molecular flexibility index (Phi) is 3.64. The van der Waals surface area contributed by atoms with Gasteiger partial charge in [-0.1, -0.05) is 12.1 Å². The maximum Gasteiger partial charge on any atom is 0.218 e. The minimum atomic E-state index is 0.106. The van der Waals surface area contributed by atoms with E-state index in [4.69, 9.17) is 10.5 Å². The fourth-order valence-electron chi connectivity index (χ4n) is 2.64. The zero-order valence-corrected chi connectivity index (χ0v) is 12.4. The molecule has 0 bridgehead atoms. The summed E-state index contributed by atoms with van der Waals surface area (Å²) in [5, 5.41) is 0. The van der Waals surface area contributed by atoms with Gasteiger partial charge in [-0.3, -0.25) is 0 Å². The average Bonchev–Trinajstić information content (AvgIpc) is 2.47. The molecule has 0 saturated carbocycles.